The molecule has 25 heavy (non-hydrogen) atoms. The van der Waals surface area contributed by atoms with E-state index in [4.69, 9.17) is 4.74 Å². The Labute approximate surface area is 145 Å². The normalized spacial score (nSPS) is 14.6. The molecule has 7 nitrogen and oxygen atoms in total. The minimum Gasteiger partial charge on any atom is -0.457 e. The first-order chi connectivity index (χ1) is 12.1. The molecule has 0 unspecified atom stereocenters. The number of nitrogens with zero attached hydrogens (tertiary/aromatic N) is 2. The fourth-order valence-electron chi connectivity index (χ4n) is 2.72. The minimum absolute atomic E-state index is 0.128. The lowest BCUT2D eigenvalue weighted by Crippen LogP contribution is -2.34. The van der Waals surface area contributed by atoms with Crippen LogP contribution in [0, 0.1) is 10.1 Å². The quantitative estimate of drug-likeness (QED) is 0.683. The summed E-state index contributed by atoms with van der Waals surface area (Å²) in [6.07, 6.45) is 0.843. The van der Waals surface area contributed by atoms with Gasteiger partial charge in [-0.15, -0.1) is 0 Å². The summed E-state index contributed by atoms with van der Waals surface area (Å²) in [6, 6.07) is 13.2. The molecule has 1 aliphatic rings. The Balaban J connectivity index is 1.94. The summed E-state index contributed by atoms with van der Waals surface area (Å²) in [5.41, 5.74) is 0.0802. The van der Waals surface area contributed by atoms with Crippen molar-refractivity contribution in [3.05, 3.63) is 64.2 Å². The van der Waals surface area contributed by atoms with Crippen LogP contribution in [0.2, 0.25) is 0 Å². The average molecular weight is 341 g/mol. The fraction of sp³-hybridized carbons (Fsp3) is 0.278. The van der Waals surface area contributed by atoms with Crippen LogP contribution in [0.1, 0.15) is 16.8 Å². The van der Waals surface area contributed by atoms with Crippen molar-refractivity contribution in [3.63, 3.8) is 0 Å². The Morgan fingerprint density at radius 1 is 1.12 bits per heavy atom. The maximum Gasteiger partial charge on any atom is 0.270 e. The van der Waals surface area contributed by atoms with Gasteiger partial charge in [-0.2, -0.15) is 0 Å². The van der Waals surface area contributed by atoms with Crippen LogP contribution < -0.4 is 10.1 Å². The van der Waals surface area contributed by atoms with Gasteiger partial charge < -0.3 is 15.0 Å². The lowest BCUT2D eigenvalue weighted by Gasteiger charge is -2.21. The highest BCUT2D eigenvalue weighted by Gasteiger charge is 2.23. The highest BCUT2D eigenvalue weighted by atomic mass is 16.6. The van der Waals surface area contributed by atoms with Crippen molar-refractivity contribution in [2.75, 3.05) is 26.2 Å². The zero-order chi connectivity index (χ0) is 17.6. The lowest BCUT2D eigenvalue weighted by molar-refractivity contribution is -0.384. The first-order valence-electron chi connectivity index (χ1n) is 8.16. The van der Waals surface area contributed by atoms with Gasteiger partial charge in [-0.05, 0) is 31.2 Å². The van der Waals surface area contributed by atoms with Gasteiger partial charge in [0.15, 0.2) is 0 Å². The van der Waals surface area contributed by atoms with Crippen LogP contribution in [0.25, 0.3) is 0 Å². The molecule has 0 spiro atoms. The van der Waals surface area contributed by atoms with Crippen molar-refractivity contribution in [2.24, 2.45) is 0 Å². The molecule has 1 amide bonds. The van der Waals surface area contributed by atoms with E-state index in [2.05, 4.69) is 5.32 Å². The van der Waals surface area contributed by atoms with Crippen LogP contribution in [0.3, 0.4) is 0 Å². The predicted octanol–water partition coefficient (Wildman–Crippen LogP) is 2.82. The van der Waals surface area contributed by atoms with Gasteiger partial charge >= 0.3 is 0 Å². The van der Waals surface area contributed by atoms with Crippen LogP contribution in [-0.2, 0) is 0 Å². The monoisotopic (exact) mass is 341 g/mol. The maximum atomic E-state index is 12.9. The highest BCUT2D eigenvalue weighted by molar-refractivity contribution is 5.97. The molecule has 130 valence electrons. The third kappa shape index (κ3) is 4.13. The van der Waals surface area contributed by atoms with E-state index in [1.165, 1.54) is 18.2 Å². The second kappa shape index (κ2) is 7.76. The molecule has 1 fully saturated rings. The second-order valence-electron chi connectivity index (χ2n) is 5.75. The molecule has 0 aromatic heterocycles. The van der Waals surface area contributed by atoms with E-state index in [0.717, 1.165) is 13.0 Å². The number of amides is 1. The molecule has 2 aromatic rings. The van der Waals surface area contributed by atoms with Crippen molar-refractivity contribution in [1.82, 2.24) is 10.2 Å². The van der Waals surface area contributed by atoms with E-state index in [1.807, 2.05) is 18.2 Å². The summed E-state index contributed by atoms with van der Waals surface area (Å²) in [5, 5.41) is 14.3. The molecule has 0 radical (unpaired) electrons. The number of para-hydroxylation sites is 1. The topological polar surface area (TPSA) is 84.7 Å². The smallest absolute Gasteiger partial charge is 0.270 e. The fourth-order valence-corrected chi connectivity index (χ4v) is 2.72. The summed E-state index contributed by atoms with van der Waals surface area (Å²) in [6.45, 7) is 2.73. The highest BCUT2D eigenvalue weighted by Crippen LogP contribution is 2.29. The number of ether oxygens (including phenoxy) is 1. The average Bonchev–Trinajstić information content (AvgIpc) is 2.91. The Bertz CT molecular complexity index is 756. The zero-order valence-corrected chi connectivity index (χ0v) is 13.7. The van der Waals surface area contributed by atoms with Crippen LogP contribution in [0.15, 0.2) is 48.5 Å². The largest absolute Gasteiger partial charge is 0.457 e. The number of carbonyl (C=O) groups excluding carboxylic acids is 1. The number of hydrogen-bond acceptors (Lipinski definition) is 5. The number of non-ortho nitro benzene ring substituents is 1. The zero-order valence-electron chi connectivity index (χ0n) is 13.7. The molecule has 0 bridgehead atoms. The predicted molar refractivity (Wildman–Crippen MR) is 93.0 cm³/mol. The van der Waals surface area contributed by atoms with Gasteiger partial charge in [0.05, 0.1) is 10.5 Å². The van der Waals surface area contributed by atoms with Crippen LogP contribution in [0.5, 0.6) is 11.5 Å². The molecule has 0 aliphatic carbocycles. The maximum absolute atomic E-state index is 12.9. The first-order valence-corrected chi connectivity index (χ1v) is 8.16. The third-order valence-corrected chi connectivity index (χ3v) is 4.00. The molecule has 1 N–H and O–H groups in total. The second-order valence-corrected chi connectivity index (χ2v) is 5.75. The number of benzene rings is 2. The van der Waals surface area contributed by atoms with Gasteiger partial charge in [-0.3, -0.25) is 14.9 Å². The summed E-state index contributed by atoms with van der Waals surface area (Å²) in [5.74, 6) is 0.639. The summed E-state index contributed by atoms with van der Waals surface area (Å²) < 4.78 is 5.80. The van der Waals surface area contributed by atoms with Gasteiger partial charge in [-0.1, -0.05) is 18.2 Å². The van der Waals surface area contributed by atoms with Crippen molar-refractivity contribution >= 4 is 11.6 Å². The number of nitro groups is 1. The molecule has 1 aliphatic heterocycles. The van der Waals surface area contributed by atoms with E-state index in [9.17, 15) is 14.9 Å². The van der Waals surface area contributed by atoms with E-state index < -0.39 is 4.92 Å². The molecular formula is C18H19N3O4. The molecule has 0 atom stereocenters. The molecule has 1 saturated heterocycles. The third-order valence-electron chi connectivity index (χ3n) is 4.00. The molecular weight excluding hydrogens is 322 g/mol. The SMILES string of the molecule is O=C(c1cc([N+](=O)[O-])ccc1Oc1ccccc1)N1CCCNCC1. The summed E-state index contributed by atoms with van der Waals surface area (Å²) in [7, 11) is 0. The molecule has 3 rings (SSSR count). The number of nitrogens with one attached hydrogen (secondary N) is 1. The Morgan fingerprint density at radius 3 is 2.68 bits per heavy atom. The van der Waals surface area contributed by atoms with Gasteiger partial charge in [0.2, 0.25) is 0 Å². The van der Waals surface area contributed by atoms with Gasteiger partial charge in [-0.25, -0.2) is 0 Å². The number of hydrogen-bond donors (Lipinski definition) is 1. The van der Waals surface area contributed by atoms with Gasteiger partial charge in [0, 0.05) is 31.8 Å². The number of rotatable bonds is 4. The Morgan fingerprint density at radius 2 is 1.92 bits per heavy atom. The molecule has 7 heteroatoms. The Kier molecular flexibility index (Phi) is 5.25. The molecule has 0 saturated carbocycles. The standard InChI is InChI=1S/C18H19N3O4/c22-18(20-11-4-9-19-10-12-20)16-13-14(21(23)24)7-8-17(16)25-15-5-2-1-3-6-15/h1-3,5-8,13,19H,4,9-12H2. The summed E-state index contributed by atoms with van der Waals surface area (Å²) >= 11 is 0. The van der Waals surface area contributed by atoms with E-state index in [0.29, 0.717) is 31.1 Å². The van der Waals surface area contributed by atoms with Crippen molar-refractivity contribution in [3.8, 4) is 11.5 Å². The van der Waals surface area contributed by atoms with Gasteiger partial charge in [0.25, 0.3) is 11.6 Å². The van der Waals surface area contributed by atoms with E-state index >= 15 is 0 Å². The van der Waals surface area contributed by atoms with Crippen molar-refractivity contribution in [2.45, 2.75) is 6.42 Å². The van der Waals surface area contributed by atoms with Crippen LogP contribution in [-0.4, -0.2) is 41.9 Å². The van der Waals surface area contributed by atoms with Crippen LogP contribution in [0.4, 0.5) is 5.69 Å². The Hall–Kier alpha value is -2.93. The molecule has 1 heterocycles. The number of carbonyl (C=O) groups is 1. The number of nitro benzene ring substituents is 1. The van der Waals surface area contributed by atoms with E-state index in [1.54, 1.807) is 17.0 Å². The minimum atomic E-state index is -0.507. The van der Waals surface area contributed by atoms with Crippen molar-refractivity contribution in [1.29, 1.82) is 0 Å². The van der Waals surface area contributed by atoms with Gasteiger partial charge in [0.1, 0.15) is 11.5 Å². The molecule has 2 aromatic carbocycles. The van der Waals surface area contributed by atoms with Crippen LogP contribution >= 0.6 is 0 Å². The van der Waals surface area contributed by atoms with E-state index in [-0.39, 0.29) is 17.2 Å². The summed E-state index contributed by atoms with van der Waals surface area (Å²) in [4.78, 5) is 25.2. The van der Waals surface area contributed by atoms with Crippen molar-refractivity contribution < 1.29 is 14.5 Å². The lowest BCUT2D eigenvalue weighted by atomic mass is 10.1. The first kappa shape index (κ1) is 16.9.